The zero-order chi connectivity index (χ0) is 17.1. The minimum Gasteiger partial charge on any atom is -0.399 e. The molecule has 1 aliphatic carbocycles. The highest BCUT2D eigenvalue weighted by molar-refractivity contribution is 6.00. The lowest BCUT2D eigenvalue weighted by Crippen LogP contribution is -2.26. The molecule has 4 nitrogen and oxygen atoms in total. The number of nitrogens with two attached hydrogens (primary N) is 1. The van der Waals surface area contributed by atoms with E-state index in [4.69, 9.17) is 5.73 Å². The lowest BCUT2D eigenvalue weighted by Gasteiger charge is -2.13. The largest absolute Gasteiger partial charge is 0.399 e. The SMILES string of the molecule is C=CCNc1ccc(N)cc1C(=O)NCC1=CCCC=C1.CC. The maximum Gasteiger partial charge on any atom is 0.253 e. The van der Waals surface area contributed by atoms with Crippen LogP contribution in [-0.4, -0.2) is 19.0 Å². The van der Waals surface area contributed by atoms with Gasteiger partial charge in [0.05, 0.1) is 5.56 Å². The van der Waals surface area contributed by atoms with E-state index in [1.54, 1.807) is 18.2 Å². The molecule has 0 spiro atoms. The highest BCUT2D eigenvalue weighted by atomic mass is 16.1. The van der Waals surface area contributed by atoms with Crippen molar-refractivity contribution in [1.29, 1.82) is 0 Å². The Kier molecular flexibility index (Phi) is 8.29. The van der Waals surface area contributed by atoms with Gasteiger partial charge in [-0.15, -0.1) is 6.58 Å². The van der Waals surface area contributed by atoms with E-state index in [0.717, 1.165) is 24.1 Å². The van der Waals surface area contributed by atoms with Gasteiger partial charge in [0.15, 0.2) is 0 Å². The third-order valence-corrected chi connectivity index (χ3v) is 3.25. The van der Waals surface area contributed by atoms with E-state index >= 15 is 0 Å². The summed E-state index contributed by atoms with van der Waals surface area (Å²) in [6, 6.07) is 5.27. The van der Waals surface area contributed by atoms with Crippen molar-refractivity contribution >= 4 is 17.3 Å². The molecule has 4 N–H and O–H groups in total. The van der Waals surface area contributed by atoms with Crippen molar-refractivity contribution in [2.45, 2.75) is 26.7 Å². The number of allylic oxidation sites excluding steroid dienone is 2. The molecule has 0 aliphatic heterocycles. The van der Waals surface area contributed by atoms with Crippen LogP contribution >= 0.6 is 0 Å². The number of amides is 1. The van der Waals surface area contributed by atoms with Crippen LogP contribution in [0.5, 0.6) is 0 Å². The van der Waals surface area contributed by atoms with Crippen molar-refractivity contribution < 1.29 is 4.79 Å². The number of rotatable bonds is 6. The summed E-state index contributed by atoms with van der Waals surface area (Å²) < 4.78 is 0. The first-order valence-corrected chi connectivity index (χ1v) is 8.09. The standard InChI is InChI=1S/C17H21N3O.C2H6/c1-2-10-19-16-9-8-14(18)11-15(16)17(21)20-12-13-6-4-3-5-7-13;1-2/h2,4,6-9,11,19H,1,3,5,10,12,18H2,(H,20,21);1-2H3. The molecule has 4 heteroatoms. The lowest BCUT2D eigenvalue weighted by molar-refractivity contribution is 0.0958. The number of hydrogen-bond donors (Lipinski definition) is 3. The van der Waals surface area contributed by atoms with Crippen LogP contribution in [0.3, 0.4) is 0 Å². The van der Waals surface area contributed by atoms with E-state index in [2.05, 4.69) is 35.4 Å². The number of nitrogen functional groups attached to an aromatic ring is 1. The Balaban J connectivity index is 0.00000127. The Bertz CT molecular complexity index is 588. The van der Waals surface area contributed by atoms with Crippen molar-refractivity contribution in [3.8, 4) is 0 Å². The molecule has 0 radical (unpaired) electrons. The molecule has 0 fully saturated rings. The normalized spacial score (nSPS) is 12.5. The Morgan fingerprint density at radius 2 is 2.13 bits per heavy atom. The lowest BCUT2D eigenvalue weighted by atomic mass is 10.1. The molecule has 0 saturated carbocycles. The van der Waals surface area contributed by atoms with E-state index in [-0.39, 0.29) is 5.91 Å². The molecule has 2 rings (SSSR count). The summed E-state index contributed by atoms with van der Waals surface area (Å²) in [5, 5.41) is 6.08. The fourth-order valence-electron chi connectivity index (χ4n) is 2.16. The summed E-state index contributed by atoms with van der Waals surface area (Å²) in [7, 11) is 0. The van der Waals surface area contributed by atoms with Gasteiger partial charge in [0.25, 0.3) is 5.91 Å². The van der Waals surface area contributed by atoms with Gasteiger partial charge in [0, 0.05) is 24.5 Å². The molecule has 1 aliphatic rings. The zero-order valence-electron chi connectivity index (χ0n) is 14.1. The number of anilines is 2. The van der Waals surface area contributed by atoms with E-state index in [0.29, 0.717) is 24.3 Å². The van der Waals surface area contributed by atoms with Crippen molar-refractivity contribution in [3.63, 3.8) is 0 Å². The first-order valence-electron chi connectivity index (χ1n) is 8.09. The summed E-state index contributed by atoms with van der Waals surface area (Å²) in [5.74, 6) is -0.131. The quantitative estimate of drug-likeness (QED) is 0.551. The van der Waals surface area contributed by atoms with Crippen LogP contribution in [0, 0.1) is 0 Å². The van der Waals surface area contributed by atoms with E-state index < -0.39 is 0 Å². The minimum absolute atomic E-state index is 0.131. The molecule has 124 valence electrons. The molecule has 0 saturated heterocycles. The second-order valence-electron chi connectivity index (χ2n) is 4.92. The highest BCUT2D eigenvalue weighted by Gasteiger charge is 2.11. The number of carbonyl (C=O) groups is 1. The third kappa shape index (κ3) is 6.02. The Morgan fingerprint density at radius 1 is 1.35 bits per heavy atom. The topological polar surface area (TPSA) is 67.1 Å². The molecule has 23 heavy (non-hydrogen) atoms. The number of carbonyl (C=O) groups excluding carboxylic acids is 1. The van der Waals surface area contributed by atoms with Gasteiger partial charge in [-0.25, -0.2) is 0 Å². The summed E-state index contributed by atoms with van der Waals surface area (Å²) in [6.07, 6.45) is 10.2. The molecule has 0 bridgehead atoms. The molecular weight excluding hydrogens is 286 g/mol. The van der Waals surface area contributed by atoms with Crippen molar-refractivity contribution in [2.24, 2.45) is 0 Å². The first kappa shape index (κ1) is 18.6. The third-order valence-electron chi connectivity index (χ3n) is 3.25. The Morgan fingerprint density at radius 3 is 2.78 bits per heavy atom. The minimum atomic E-state index is -0.131. The van der Waals surface area contributed by atoms with Gasteiger partial charge in [-0.3, -0.25) is 4.79 Å². The van der Waals surface area contributed by atoms with Gasteiger partial charge >= 0.3 is 0 Å². The van der Waals surface area contributed by atoms with Crippen LogP contribution in [0.15, 0.2) is 54.7 Å². The maximum atomic E-state index is 12.3. The second-order valence-corrected chi connectivity index (χ2v) is 4.92. The van der Waals surface area contributed by atoms with E-state index in [1.165, 1.54) is 0 Å². The van der Waals surface area contributed by atoms with Crippen LogP contribution in [0.2, 0.25) is 0 Å². The van der Waals surface area contributed by atoms with Crippen LogP contribution in [-0.2, 0) is 0 Å². The molecule has 0 atom stereocenters. The number of benzene rings is 1. The Hall–Kier alpha value is -2.49. The summed E-state index contributed by atoms with van der Waals surface area (Å²) in [5.41, 5.74) is 8.80. The maximum absolute atomic E-state index is 12.3. The van der Waals surface area contributed by atoms with Crippen LogP contribution in [0.4, 0.5) is 11.4 Å². The molecular formula is C19H27N3O. The molecule has 0 aromatic heterocycles. The van der Waals surface area contributed by atoms with Gasteiger partial charge in [-0.05, 0) is 36.6 Å². The van der Waals surface area contributed by atoms with Crippen LogP contribution in [0.1, 0.15) is 37.0 Å². The van der Waals surface area contributed by atoms with Gasteiger partial charge in [-0.1, -0.05) is 38.2 Å². The molecule has 1 amide bonds. The van der Waals surface area contributed by atoms with E-state index in [9.17, 15) is 4.79 Å². The van der Waals surface area contributed by atoms with Gasteiger partial charge in [0.2, 0.25) is 0 Å². The smallest absolute Gasteiger partial charge is 0.253 e. The summed E-state index contributed by atoms with van der Waals surface area (Å²) in [6.45, 7) is 8.79. The molecule has 1 aromatic rings. The fourth-order valence-corrected chi connectivity index (χ4v) is 2.16. The number of nitrogens with one attached hydrogen (secondary N) is 2. The molecule has 1 aromatic carbocycles. The first-order chi connectivity index (χ1) is 11.2. The molecule has 0 heterocycles. The fraction of sp³-hybridized carbons (Fsp3) is 0.316. The zero-order valence-corrected chi connectivity index (χ0v) is 14.1. The van der Waals surface area contributed by atoms with Crippen LogP contribution in [0.25, 0.3) is 0 Å². The van der Waals surface area contributed by atoms with Gasteiger partial charge < -0.3 is 16.4 Å². The predicted octanol–water partition coefficient (Wildman–Crippen LogP) is 3.90. The van der Waals surface area contributed by atoms with E-state index in [1.807, 2.05) is 19.9 Å². The highest BCUT2D eigenvalue weighted by Crippen LogP contribution is 2.19. The van der Waals surface area contributed by atoms with Crippen LogP contribution < -0.4 is 16.4 Å². The number of hydrogen-bond acceptors (Lipinski definition) is 3. The van der Waals surface area contributed by atoms with Gasteiger partial charge in [-0.2, -0.15) is 0 Å². The predicted molar refractivity (Wildman–Crippen MR) is 99.7 cm³/mol. The average Bonchev–Trinajstić information content (AvgIpc) is 2.61. The van der Waals surface area contributed by atoms with Crippen molar-refractivity contribution in [1.82, 2.24) is 5.32 Å². The average molecular weight is 313 g/mol. The second kappa shape index (κ2) is 10.3. The monoisotopic (exact) mass is 313 g/mol. The van der Waals surface area contributed by atoms with Crippen molar-refractivity contribution in [2.75, 3.05) is 24.1 Å². The molecule has 0 unspecified atom stereocenters. The van der Waals surface area contributed by atoms with Crippen molar-refractivity contribution in [3.05, 3.63) is 60.2 Å². The summed E-state index contributed by atoms with van der Waals surface area (Å²) >= 11 is 0. The Labute approximate surface area is 139 Å². The van der Waals surface area contributed by atoms with Gasteiger partial charge in [0.1, 0.15) is 0 Å². The summed E-state index contributed by atoms with van der Waals surface area (Å²) in [4.78, 5) is 12.3.